The van der Waals surface area contributed by atoms with Gasteiger partial charge in [0.05, 0.1) is 0 Å². The third kappa shape index (κ3) is 4.73. The third-order valence-corrected chi connectivity index (χ3v) is 8.89. The van der Waals surface area contributed by atoms with Gasteiger partial charge >= 0.3 is 0 Å². The highest BCUT2D eigenvalue weighted by atomic mass is 79.9. The largest absolute Gasteiger partial charge is 0.294 e. The molecule has 0 atom stereocenters. The van der Waals surface area contributed by atoms with Crippen LogP contribution in [0.1, 0.15) is 77.0 Å². The first kappa shape index (κ1) is 18.2. The van der Waals surface area contributed by atoms with Crippen LogP contribution in [0.15, 0.2) is 0 Å². The molecule has 3 rings (SSSR count). The Morgan fingerprint density at radius 2 is 0.636 bits per heavy atom. The first-order valence-electron chi connectivity index (χ1n) is 9.33. The molecule has 1 nitrogen and oxygen atoms in total. The van der Waals surface area contributed by atoms with Crippen molar-refractivity contribution in [1.29, 1.82) is 0 Å². The van der Waals surface area contributed by atoms with Crippen molar-refractivity contribution in [2.75, 3.05) is 0 Å². The van der Waals surface area contributed by atoms with Gasteiger partial charge in [0, 0.05) is 32.6 Å². The van der Waals surface area contributed by atoms with Crippen LogP contribution in [0.3, 0.4) is 0 Å². The molecular weight excluding hydrogens is 470 g/mol. The van der Waals surface area contributed by atoms with Crippen molar-refractivity contribution in [2.24, 2.45) is 0 Å². The van der Waals surface area contributed by atoms with Gasteiger partial charge in [-0.2, -0.15) is 0 Å². The molecule has 0 spiro atoms. The van der Waals surface area contributed by atoms with Crippen LogP contribution >= 0.6 is 47.8 Å². The molecule has 3 fully saturated rings. The van der Waals surface area contributed by atoms with E-state index in [-0.39, 0.29) is 0 Å². The SMILES string of the molecule is BrC1CCC(N(C2CCC(Br)CC2)C2CCC(Br)CC2)CC1. The fraction of sp³-hybridized carbons (Fsp3) is 1.00. The van der Waals surface area contributed by atoms with Gasteiger partial charge in [-0.3, -0.25) is 4.90 Å². The zero-order valence-corrected chi connectivity index (χ0v) is 18.3. The minimum atomic E-state index is 0.780. The van der Waals surface area contributed by atoms with Crippen molar-refractivity contribution in [2.45, 2.75) is 110 Å². The van der Waals surface area contributed by atoms with Gasteiger partial charge in [0.2, 0.25) is 0 Å². The highest BCUT2D eigenvalue weighted by Gasteiger charge is 2.37. The Balaban J connectivity index is 1.67. The van der Waals surface area contributed by atoms with E-state index >= 15 is 0 Å². The molecule has 0 aromatic carbocycles. The Bertz CT molecular complexity index is 275. The van der Waals surface area contributed by atoms with Gasteiger partial charge in [0.15, 0.2) is 0 Å². The summed E-state index contributed by atoms with van der Waals surface area (Å²) in [7, 11) is 0. The lowest BCUT2D eigenvalue weighted by Crippen LogP contribution is -2.53. The predicted molar refractivity (Wildman–Crippen MR) is 107 cm³/mol. The van der Waals surface area contributed by atoms with E-state index in [1.54, 1.807) is 0 Å². The molecule has 0 amide bonds. The summed E-state index contributed by atoms with van der Waals surface area (Å²) in [6.07, 6.45) is 16.8. The quantitative estimate of drug-likeness (QED) is 0.406. The summed E-state index contributed by atoms with van der Waals surface area (Å²) in [5, 5.41) is 0. The maximum Gasteiger partial charge on any atom is 0.0147 e. The Kier molecular flexibility index (Phi) is 7.17. The Morgan fingerprint density at radius 3 is 0.864 bits per heavy atom. The van der Waals surface area contributed by atoms with E-state index in [9.17, 15) is 0 Å². The van der Waals surface area contributed by atoms with Crippen molar-refractivity contribution >= 4 is 47.8 Å². The van der Waals surface area contributed by atoms with Crippen LogP contribution in [0.25, 0.3) is 0 Å². The lowest BCUT2D eigenvalue weighted by molar-refractivity contribution is 0.0246. The molecule has 0 aromatic heterocycles. The molecule has 0 aliphatic heterocycles. The Hall–Kier alpha value is 1.40. The van der Waals surface area contributed by atoms with Crippen molar-refractivity contribution in [3.63, 3.8) is 0 Å². The van der Waals surface area contributed by atoms with Crippen molar-refractivity contribution in [1.82, 2.24) is 4.90 Å². The number of halogens is 3. The van der Waals surface area contributed by atoms with Crippen LogP contribution in [0.5, 0.6) is 0 Å². The number of hydrogen-bond donors (Lipinski definition) is 0. The molecule has 3 aliphatic rings. The lowest BCUT2D eigenvalue weighted by Gasteiger charge is -2.48. The molecule has 128 valence electrons. The second-order valence-corrected chi connectivity index (χ2v) is 11.5. The normalized spacial score (nSPS) is 44.2. The second kappa shape index (κ2) is 8.67. The minimum Gasteiger partial charge on any atom is -0.294 e. The highest BCUT2D eigenvalue weighted by Crippen LogP contribution is 2.38. The summed E-state index contributed by atoms with van der Waals surface area (Å²) >= 11 is 11.5. The van der Waals surface area contributed by atoms with Crippen LogP contribution in [-0.4, -0.2) is 37.5 Å². The number of alkyl halides is 3. The van der Waals surface area contributed by atoms with E-state index in [1.807, 2.05) is 0 Å². The molecular formula is C18H30Br3N. The summed E-state index contributed by atoms with van der Waals surface area (Å²) in [4.78, 5) is 5.38. The number of nitrogens with zero attached hydrogens (tertiary/aromatic N) is 1. The molecule has 0 unspecified atom stereocenters. The maximum atomic E-state index is 3.84. The Labute approximate surface area is 161 Å². The van der Waals surface area contributed by atoms with Crippen molar-refractivity contribution in [3.8, 4) is 0 Å². The molecule has 0 N–H and O–H groups in total. The second-order valence-electron chi connectivity index (χ2n) is 7.66. The molecule has 0 saturated heterocycles. The predicted octanol–water partition coefficient (Wildman–Crippen LogP) is 6.41. The van der Waals surface area contributed by atoms with Gasteiger partial charge in [-0.15, -0.1) is 0 Å². The van der Waals surface area contributed by atoms with E-state index in [4.69, 9.17) is 0 Å². The van der Waals surface area contributed by atoms with Gasteiger partial charge in [0.1, 0.15) is 0 Å². The van der Waals surface area contributed by atoms with Crippen molar-refractivity contribution in [3.05, 3.63) is 0 Å². The number of hydrogen-bond acceptors (Lipinski definition) is 1. The van der Waals surface area contributed by atoms with Crippen LogP contribution < -0.4 is 0 Å². The molecule has 4 heteroatoms. The van der Waals surface area contributed by atoms with Gasteiger partial charge in [-0.25, -0.2) is 0 Å². The maximum absolute atomic E-state index is 3.84. The summed E-state index contributed by atoms with van der Waals surface area (Å²) in [6, 6.07) is 2.59. The molecule has 3 aliphatic carbocycles. The van der Waals surface area contributed by atoms with E-state index in [0.29, 0.717) is 0 Å². The molecule has 22 heavy (non-hydrogen) atoms. The van der Waals surface area contributed by atoms with Crippen LogP contribution in [0.2, 0.25) is 0 Å². The summed E-state index contributed by atoms with van der Waals surface area (Å²) in [5.41, 5.74) is 0. The number of rotatable bonds is 3. The minimum absolute atomic E-state index is 0.780. The zero-order chi connectivity index (χ0) is 15.5. The fourth-order valence-electron chi connectivity index (χ4n) is 4.89. The molecule has 0 radical (unpaired) electrons. The first-order chi connectivity index (χ1) is 10.6. The zero-order valence-electron chi connectivity index (χ0n) is 13.5. The van der Waals surface area contributed by atoms with Gasteiger partial charge < -0.3 is 0 Å². The van der Waals surface area contributed by atoms with Crippen molar-refractivity contribution < 1.29 is 0 Å². The van der Waals surface area contributed by atoms with Gasteiger partial charge in [0.25, 0.3) is 0 Å². The summed E-state index contributed by atoms with van der Waals surface area (Å²) in [6.45, 7) is 0. The lowest BCUT2D eigenvalue weighted by atomic mass is 9.84. The third-order valence-electron chi connectivity index (χ3n) is 6.14. The highest BCUT2D eigenvalue weighted by molar-refractivity contribution is 9.10. The van der Waals surface area contributed by atoms with Crippen LogP contribution in [-0.2, 0) is 0 Å². The van der Waals surface area contributed by atoms with Gasteiger partial charge in [-0.1, -0.05) is 47.8 Å². The standard InChI is InChI=1S/C18H30Br3N/c19-13-1-7-16(8-2-13)22(17-9-3-14(20)4-10-17)18-11-5-15(21)6-12-18/h13-18H,1-12H2. The van der Waals surface area contributed by atoms with Crippen LogP contribution in [0, 0.1) is 0 Å². The molecule has 0 heterocycles. The van der Waals surface area contributed by atoms with E-state index < -0.39 is 0 Å². The van der Waals surface area contributed by atoms with E-state index in [1.165, 1.54) is 77.0 Å². The monoisotopic (exact) mass is 497 g/mol. The summed E-state index contributed by atoms with van der Waals surface area (Å²) < 4.78 is 0. The average molecular weight is 500 g/mol. The summed E-state index contributed by atoms with van der Waals surface area (Å²) in [5.74, 6) is 0. The average Bonchev–Trinajstić information content (AvgIpc) is 2.53. The first-order valence-corrected chi connectivity index (χ1v) is 12.1. The van der Waals surface area contributed by atoms with Crippen LogP contribution in [0.4, 0.5) is 0 Å². The molecule has 3 saturated carbocycles. The topological polar surface area (TPSA) is 3.24 Å². The fourth-order valence-corrected chi connectivity index (χ4v) is 6.48. The molecule has 0 bridgehead atoms. The van der Waals surface area contributed by atoms with E-state index in [0.717, 1.165) is 32.6 Å². The smallest absolute Gasteiger partial charge is 0.0147 e. The van der Waals surface area contributed by atoms with Gasteiger partial charge in [-0.05, 0) is 77.0 Å². The van der Waals surface area contributed by atoms with E-state index in [2.05, 4.69) is 52.7 Å². The molecule has 0 aromatic rings. The Morgan fingerprint density at radius 1 is 0.409 bits per heavy atom.